The molecule has 0 bridgehead atoms. The van der Waals surface area contributed by atoms with Crippen molar-refractivity contribution < 1.29 is 27.1 Å². The Bertz CT molecular complexity index is 1470. The zero-order valence-electron chi connectivity index (χ0n) is 25.6. The van der Waals surface area contributed by atoms with Crippen molar-refractivity contribution in [1.29, 1.82) is 0 Å². The molecule has 0 unspecified atom stereocenters. The molecular weight excluding hydrogens is 607 g/mol. The average molecular weight is 649 g/mol. The van der Waals surface area contributed by atoms with Gasteiger partial charge in [0.05, 0.1) is 18.3 Å². The van der Waals surface area contributed by atoms with Gasteiger partial charge in [0.1, 0.15) is 5.82 Å². The van der Waals surface area contributed by atoms with Gasteiger partial charge in [-0.2, -0.15) is 4.31 Å². The highest BCUT2D eigenvalue weighted by Crippen LogP contribution is 2.38. The highest BCUT2D eigenvalue weighted by atomic mass is 35.5. The first-order valence-corrected chi connectivity index (χ1v) is 16.8. The van der Waals surface area contributed by atoms with Crippen molar-refractivity contribution in [1.82, 2.24) is 14.9 Å². The van der Waals surface area contributed by atoms with Gasteiger partial charge in [0.15, 0.2) is 0 Å². The van der Waals surface area contributed by atoms with Crippen LogP contribution in [0, 0.1) is 17.7 Å². The Morgan fingerprint density at radius 1 is 1.16 bits per heavy atom. The van der Waals surface area contributed by atoms with Crippen LogP contribution >= 0.6 is 11.6 Å². The van der Waals surface area contributed by atoms with Crippen LogP contribution in [-0.2, 0) is 26.0 Å². The predicted octanol–water partition coefficient (Wildman–Crippen LogP) is 5.43. The number of nitrogens with zero attached hydrogens (tertiary/aromatic N) is 1. The molecule has 0 aromatic heterocycles. The number of ether oxygens (including phenoxy) is 1. The van der Waals surface area contributed by atoms with Gasteiger partial charge in [0, 0.05) is 53.1 Å². The standard InChI is InChI=1S/C32H42ClFN4O5S/c1-19(2)29(22-9-11-23(33)12-10-22)30(21(4)36-32(40)43-5)31(39)37-28-8-6-7-27(34)26(28)16-13-24-18-35-17-20(3)38(24)44(41,42)25-14-15-25/h6-12,19-20,24-25,29-30,35H,4,13-18H2,1-3,5H3,(H,36,40)(H,37,39)/t20-,24+,29-,30+/m1/s1. The maximum Gasteiger partial charge on any atom is 0.411 e. The van der Waals surface area contributed by atoms with Gasteiger partial charge < -0.3 is 15.4 Å². The number of sulfonamides is 1. The summed E-state index contributed by atoms with van der Waals surface area (Å²) in [4.78, 5) is 26.2. The summed E-state index contributed by atoms with van der Waals surface area (Å²) in [5, 5.41) is 8.96. The van der Waals surface area contributed by atoms with Gasteiger partial charge in [-0.3, -0.25) is 10.1 Å². The first kappa shape index (κ1) is 33.9. The number of piperazine rings is 1. The number of anilines is 1. The molecule has 1 saturated heterocycles. The Balaban J connectivity index is 1.62. The maximum absolute atomic E-state index is 15.4. The molecule has 4 rings (SSSR count). The van der Waals surface area contributed by atoms with Gasteiger partial charge in [-0.25, -0.2) is 17.6 Å². The largest absolute Gasteiger partial charge is 0.453 e. The zero-order chi connectivity index (χ0) is 32.2. The number of alkyl carbamates (subject to hydrolysis) is 1. The third kappa shape index (κ3) is 7.80. The van der Waals surface area contributed by atoms with Crippen LogP contribution in [0.2, 0.25) is 5.02 Å². The lowest BCUT2D eigenvalue weighted by atomic mass is 9.76. The minimum Gasteiger partial charge on any atom is -0.453 e. The Hall–Kier alpha value is -2.99. The van der Waals surface area contributed by atoms with Crippen molar-refractivity contribution in [3.05, 3.63) is 76.7 Å². The fourth-order valence-electron chi connectivity index (χ4n) is 6.12. The molecule has 1 saturated carbocycles. The predicted molar refractivity (Wildman–Crippen MR) is 170 cm³/mol. The minimum absolute atomic E-state index is 0.0738. The number of methoxy groups -OCH3 is 1. The van der Waals surface area contributed by atoms with Gasteiger partial charge >= 0.3 is 6.09 Å². The van der Waals surface area contributed by atoms with Crippen molar-refractivity contribution in [2.75, 3.05) is 25.5 Å². The summed E-state index contributed by atoms with van der Waals surface area (Å²) in [6.07, 6.45) is 1.14. The SMILES string of the molecule is C=C(NC(=O)OC)[C@H](C(=O)Nc1cccc(F)c1CC[C@H]1CNC[C@@H](C)N1S(=O)(=O)C1CC1)[C@@H](c1ccc(Cl)cc1)C(C)C. The molecule has 1 aliphatic carbocycles. The number of carbonyl (C=O) groups is 2. The number of rotatable bonds is 12. The number of amides is 2. The molecule has 2 amide bonds. The van der Waals surface area contributed by atoms with E-state index in [1.807, 2.05) is 32.9 Å². The van der Waals surface area contributed by atoms with E-state index in [2.05, 4.69) is 22.5 Å². The number of hydrogen-bond acceptors (Lipinski definition) is 6. The molecule has 4 atom stereocenters. The summed E-state index contributed by atoms with van der Waals surface area (Å²) in [6.45, 7) is 10.8. The monoisotopic (exact) mass is 648 g/mol. The van der Waals surface area contributed by atoms with Crippen molar-refractivity contribution in [3.63, 3.8) is 0 Å². The molecule has 0 radical (unpaired) electrons. The highest BCUT2D eigenvalue weighted by molar-refractivity contribution is 7.90. The number of nitrogens with one attached hydrogen (secondary N) is 3. The van der Waals surface area contributed by atoms with Crippen LogP contribution in [0.1, 0.15) is 57.1 Å². The Kier molecular flexibility index (Phi) is 11.1. The summed E-state index contributed by atoms with van der Waals surface area (Å²) in [5.41, 5.74) is 1.50. The molecule has 44 heavy (non-hydrogen) atoms. The molecule has 2 aromatic rings. The van der Waals surface area contributed by atoms with Crippen molar-refractivity contribution >= 4 is 39.3 Å². The second-order valence-electron chi connectivity index (χ2n) is 12.0. The van der Waals surface area contributed by atoms with E-state index in [4.69, 9.17) is 16.3 Å². The third-order valence-electron chi connectivity index (χ3n) is 8.40. The molecule has 3 N–H and O–H groups in total. The molecule has 2 aromatic carbocycles. The van der Waals surface area contributed by atoms with Crippen LogP contribution in [0.3, 0.4) is 0 Å². The smallest absolute Gasteiger partial charge is 0.411 e. The lowest BCUT2D eigenvalue weighted by Gasteiger charge is -2.40. The Morgan fingerprint density at radius 2 is 1.84 bits per heavy atom. The van der Waals surface area contributed by atoms with Crippen LogP contribution in [0.4, 0.5) is 14.9 Å². The molecule has 12 heteroatoms. The van der Waals surface area contributed by atoms with E-state index >= 15 is 4.39 Å². The molecule has 0 spiro atoms. The lowest BCUT2D eigenvalue weighted by molar-refractivity contribution is -0.119. The zero-order valence-corrected chi connectivity index (χ0v) is 27.2. The molecule has 9 nitrogen and oxygen atoms in total. The van der Waals surface area contributed by atoms with Crippen LogP contribution < -0.4 is 16.0 Å². The normalized spacial score (nSPS) is 20.5. The second-order valence-corrected chi connectivity index (χ2v) is 14.5. The van der Waals surface area contributed by atoms with Gasteiger partial charge in [-0.05, 0) is 68.4 Å². The Morgan fingerprint density at radius 3 is 2.45 bits per heavy atom. The number of halogens is 2. The first-order chi connectivity index (χ1) is 20.8. The van der Waals surface area contributed by atoms with E-state index in [9.17, 15) is 18.0 Å². The molecule has 1 heterocycles. The fraction of sp³-hybridized carbons (Fsp3) is 0.500. The lowest BCUT2D eigenvalue weighted by Crippen LogP contribution is -2.59. The summed E-state index contributed by atoms with van der Waals surface area (Å²) in [7, 11) is -2.23. The average Bonchev–Trinajstić information content (AvgIpc) is 3.82. The Labute approximate surface area is 264 Å². The second kappa shape index (κ2) is 14.4. The van der Waals surface area contributed by atoms with E-state index in [1.54, 1.807) is 22.5 Å². The molecular formula is C32H42ClFN4O5S. The van der Waals surface area contributed by atoms with E-state index in [-0.39, 0.29) is 46.6 Å². The van der Waals surface area contributed by atoms with E-state index < -0.39 is 39.7 Å². The van der Waals surface area contributed by atoms with Crippen LogP contribution in [0.25, 0.3) is 0 Å². The molecule has 240 valence electrons. The summed E-state index contributed by atoms with van der Waals surface area (Å²) in [6, 6.07) is 11.0. The van der Waals surface area contributed by atoms with Crippen molar-refractivity contribution in [3.8, 4) is 0 Å². The van der Waals surface area contributed by atoms with Gasteiger partial charge in [0.2, 0.25) is 15.9 Å². The highest BCUT2D eigenvalue weighted by Gasteiger charge is 2.45. The van der Waals surface area contributed by atoms with Crippen molar-refractivity contribution in [2.24, 2.45) is 11.8 Å². The molecule has 2 fully saturated rings. The number of hydrogen-bond donors (Lipinski definition) is 3. The summed E-state index contributed by atoms with van der Waals surface area (Å²) < 4.78 is 48.3. The summed E-state index contributed by atoms with van der Waals surface area (Å²) in [5.74, 6) is -2.44. The van der Waals surface area contributed by atoms with Gasteiger partial charge in [0.25, 0.3) is 0 Å². The number of benzene rings is 2. The fourth-order valence-corrected chi connectivity index (χ4v) is 8.49. The van der Waals surface area contributed by atoms with E-state index in [1.165, 1.54) is 19.2 Å². The van der Waals surface area contributed by atoms with Gasteiger partial charge in [-0.1, -0.05) is 50.2 Å². The maximum atomic E-state index is 15.4. The quantitative estimate of drug-likeness (QED) is 0.283. The number of carbonyl (C=O) groups excluding carboxylic acids is 2. The molecule has 1 aliphatic heterocycles. The molecule has 2 aliphatic rings. The minimum atomic E-state index is -3.44. The van der Waals surface area contributed by atoms with Crippen LogP contribution in [-0.4, -0.2) is 62.3 Å². The van der Waals surface area contributed by atoms with E-state index in [0.717, 1.165) is 5.56 Å². The van der Waals surface area contributed by atoms with Crippen LogP contribution in [0.15, 0.2) is 54.7 Å². The van der Waals surface area contributed by atoms with Crippen LogP contribution in [0.5, 0.6) is 0 Å². The van der Waals surface area contributed by atoms with Crippen molar-refractivity contribution in [2.45, 2.75) is 69.7 Å². The topological polar surface area (TPSA) is 117 Å². The third-order valence-corrected chi connectivity index (χ3v) is 11.2. The van der Waals surface area contributed by atoms with E-state index in [0.29, 0.717) is 37.4 Å². The first-order valence-electron chi connectivity index (χ1n) is 15.0. The van der Waals surface area contributed by atoms with Gasteiger partial charge in [-0.15, -0.1) is 0 Å². The summed E-state index contributed by atoms with van der Waals surface area (Å²) >= 11 is 6.13.